The molecule has 1 saturated heterocycles. The van der Waals surface area contributed by atoms with Crippen LogP contribution in [0, 0.1) is 16.0 Å². The van der Waals surface area contributed by atoms with E-state index in [2.05, 4.69) is 0 Å². The lowest BCUT2D eigenvalue weighted by Gasteiger charge is -2.37. The van der Waals surface area contributed by atoms with Gasteiger partial charge in [-0.25, -0.2) is 4.79 Å². The quantitative estimate of drug-likeness (QED) is 0.133. The fourth-order valence-electron chi connectivity index (χ4n) is 5.67. The van der Waals surface area contributed by atoms with E-state index in [1.165, 1.54) is 37.1 Å². The molecule has 5 rings (SSSR count). The maximum Gasteiger partial charge on any atom is 0.330 e. The number of rotatable bonds is 8. The summed E-state index contributed by atoms with van der Waals surface area (Å²) in [5, 5.41) is 24.3. The van der Waals surface area contributed by atoms with Crippen molar-refractivity contribution in [3.8, 4) is 5.75 Å². The molecule has 0 bridgehead atoms. The van der Waals surface area contributed by atoms with Gasteiger partial charge in [0, 0.05) is 18.1 Å². The Hall–Kier alpha value is -4.06. The van der Waals surface area contributed by atoms with Gasteiger partial charge in [0.25, 0.3) is 11.6 Å². The van der Waals surface area contributed by atoms with Crippen LogP contribution in [0.1, 0.15) is 49.4 Å². The number of nitro benzene ring substituents is 1. The van der Waals surface area contributed by atoms with Gasteiger partial charge < -0.3 is 14.7 Å². The molecule has 41 heavy (non-hydrogen) atoms. The van der Waals surface area contributed by atoms with E-state index in [0.717, 1.165) is 22.7 Å². The highest BCUT2D eigenvalue weighted by molar-refractivity contribution is 7.18. The molecule has 0 spiro atoms. The Morgan fingerprint density at radius 1 is 1.02 bits per heavy atom. The number of carboxylic acids is 1. The van der Waals surface area contributed by atoms with Crippen LogP contribution in [0.3, 0.4) is 0 Å². The second-order valence-electron chi connectivity index (χ2n) is 9.65. The minimum atomic E-state index is -1.95. The molecule has 1 fully saturated rings. The fraction of sp³-hybridized carbons (Fsp3) is 0.207. The SMILES string of the molecule is COc1cccc(C2C(C(=O)c3ccc(Cl)s3)C(c3cccc([N+](=O)[O-])c3)N(C(=O)c3cccs3)C2(C)C(=O)O)c1. The molecule has 2 aromatic carbocycles. The number of hydrogen-bond donors (Lipinski definition) is 1. The van der Waals surface area contributed by atoms with Crippen LogP contribution >= 0.6 is 34.3 Å². The number of amides is 1. The zero-order valence-electron chi connectivity index (χ0n) is 21.7. The monoisotopic (exact) mass is 610 g/mol. The molecule has 0 radical (unpaired) electrons. The fourth-order valence-corrected chi connectivity index (χ4v) is 7.37. The van der Waals surface area contributed by atoms with E-state index in [9.17, 15) is 29.6 Å². The summed E-state index contributed by atoms with van der Waals surface area (Å²) < 4.78 is 5.78. The smallest absolute Gasteiger partial charge is 0.330 e. The molecule has 1 aliphatic heterocycles. The normalized spacial score (nSPS) is 21.9. The molecule has 3 heterocycles. The summed E-state index contributed by atoms with van der Waals surface area (Å²) in [5.74, 6) is -4.14. The Morgan fingerprint density at radius 2 is 1.76 bits per heavy atom. The number of nitro groups is 1. The lowest BCUT2D eigenvalue weighted by atomic mass is 9.72. The Bertz CT molecular complexity index is 1650. The van der Waals surface area contributed by atoms with Crippen molar-refractivity contribution in [3.05, 3.63) is 114 Å². The van der Waals surface area contributed by atoms with Crippen molar-refractivity contribution >= 4 is 57.6 Å². The highest BCUT2D eigenvalue weighted by atomic mass is 35.5. The molecule has 1 N–H and O–H groups in total. The average molecular weight is 611 g/mol. The van der Waals surface area contributed by atoms with Crippen molar-refractivity contribution in [2.24, 2.45) is 5.92 Å². The summed E-state index contributed by atoms with van der Waals surface area (Å²) in [6, 6.07) is 17.6. The first kappa shape index (κ1) is 28.5. The predicted molar refractivity (Wildman–Crippen MR) is 155 cm³/mol. The molecule has 1 aliphatic rings. The third kappa shape index (κ3) is 4.90. The number of nitrogens with zero attached hydrogens (tertiary/aromatic N) is 2. The first-order valence-electron chi connectivity index (χ1n) is 12.4. The Morgan fingerprint density at radius 3 is 2.37 bits per heavy atom. The van der Waals surface area contributed by atoms with Crippen LogP contribution < -0.4 is 4.74 Å². The van der Waals surface area contributed by atoms with Gasteiger partial charge in [-0.1, -0.05) is 41.9 Å². The zero-order valence-corrected chi connectivity index (χ0v) is 24.1. The molecule has 0 saturated carbocycles. The number of carboxylic acid groups (broad SMARTS) is 1. The van der Waals surface area contributed by atoms with Gasteiger partial charge in [0.05, 0.1) is 38.1 Å². The number of carbonyl (C=O) groups excluding carboxylic acids is 2. The third-order valence-corrected chi connectivity index (χ3v) is 9.57. The van der Waals surface area contributed by atoms with Crippen LogP contribution in [-0.2, 0) is 4.79 Å². The van der Waals surface area contributed by atoms with Crippen LogP contribution in [0.5, 0.6) is 5.75 Å². The van der Waals surface area contributed by atoms with Crippen molar-refractivity contribution in [1.82, 2.24) is 4.90 Å². The number of ketones is 1. The van der Waals surface area contributed by atoms with Crippen molar-refractivity contribution in [2.75, 3.05) is 7.11 Å². The number of Topliss-reactive ketones (excluding diaryl/α,β-unsaturated/α-hetero) is 1. The van der Waals surface area contributed by atoms with E-state index in [-0.39, 0.29) is 21.0 Å². The number of likely N-dealkylation sites (tertiary alicyclic amines) is 1. The van der Waals surface area contributed by atoms with Gasteiger partial charge in [0.2, 0.25) is 0 Å². The summed E-state index contributed by atoms with van der Waals surface area (Å²) in [7, 11) is 1.47. The summed E-state index contributed by atoms with van der Waals surface area (Å²) in [4.78, 5) is 54.9. The second-order valence-corrected chi connectivity index (χ2v) is 12.3. The third-order valence-electron chi connectivity index (χ3n) is 7.46. The van der Waals surface area contributed by atoms with Gasteiger partial charge in [-0.15, -0.1) is 22.7 Å². The summed E-state index contributed by atoms with van der Waals surface area (Å²) in [5.41, 5.74) is -1.47. The van der Waals surface area contributed by atoms with Gasteiger partial charge in [0.1, 0.15) is 11.3 Å². The van der Waals surface area contributed by atoms with Crippen molar-refractivity contribution in [1.29, 1.82) is 0 Å². The lowest BCUT2D eigenvalue weighted by Crippen LogP contribution is -2.54. The van der Waals surface area contributed by atoms with E-state index in [1.54, 1.807) is 60.0 Å². The largest absolute Gasteiger partial charge is 0.497 e. The molecule has 9 nitrogen and oxygen atoms in total. The van der Waals surface area contributed by atoms with Gasteiger partial charge in [-0.3, -0.25) is 19.7 Å². The van der Waals surface area contributed by atoms with Crippen molar-refractivity contribution in [3.63, 3.8) is 0 Å². The maximum absolute atomic E-state index is 14.4. The Kier molecular flexibility index (Phi) is 7.69. The molecular formula is C29H23ClN2O7S2. The molecule has 210 valence electrons. The molecule has 4 atom stereocenters. The van der Waals surface area contributed by atoms with Crippen LogP contribution in [0.4, 0.5) is 5.69 Å². The second kappa shape index (κ2) is 11.1. The highest BCUT2D eigenvalue weighted by Crippen LogP contribution is 2.58. The number of thiophene rings is 2. The minimum absolute atomic E-state index is 0.252. The van der Waals surface area contributed by atoms with E-state index in [4.69, 9.17) is 16.3 Å². The molecule has 0 aliphatic carbocycles. The summed E-state index contributed by atoms with van der Waals surface area (Å²) >= 11 is 8.36. The molecule has 12 heteroatoms. The van der Waals surface area contributed by atoms with Crippen LogP contribution in [0.15, 0.2) is 78.2 Å². The molecule has 4 aromatic rings. The lowest BCUT2D eigenvalue weighted by molar-refractivity contribution is -0.385. The first-order chi connectivity index (χ1) is 19.6. The number of halogens is 1. The number of methoxy groups -OCH3 is 1. The minimum Gasteiger partial charge on any atom is -0.497 e. The predicted octanol–water partition coefficient (Wildman–Crippen LogP) is 6.70. The van der Waals surface area contributed by atoms with Crippen LogP contribution in [0.2, 0.25) is 4.34 Å². The number of carbonyl (C=O) groups is 3. The van der Waals surface area contributed by atoms with Gasteiger partial charge >= 0.3 is 5.97 Å². The average Bonchev–Trinajstić information content (AvgIpc) is 3.71. The maximum atomic E-state index is 14.4. The van der Waals surface area contributed by atoms with Gasteiger partial charge in [-0.05, 0) is 53.8 Å². The van der Waals surface area contributed by atoms with E-state index < -0.39 is 46.0 Å². The Labute approximate surface area is 247 Å². The van der Waals surface area contributed by atoms with Gasteiger partial charge in [-0.2, -0.15) is 0 Å². The number of ether oxygens (including phenoxy) is 1. The summed E-state index contributed by atoms with van der Waals surface area (Å²) in [6.07, 6.45) is 0. The van der Waals surface area contributed by atoms with Crippen LogP contribution in [-0.4, -0.2) is 45.2 Å². The first-order valence-corrected chi connectivity index (χ1v) is 14.4. The van der Waals surface area contributed by atoms with E-state index >= 15 is 0 Å². The van der Waals surface area contributed by atoms with E-state index in [1.807, 2.05) is 0 Å². The molecular weight excluding hydrogens is 588 g/mol. The standard InChI is InChI=1S/C29H23ClN2O7S2/c1-29(28(35)36)24(16-6-4-9-19(15-16)39-2)23(26(33)20-11-12-22(30)41-20)25(17-7-3-8-18(14-17)32(37)38)31(29)27(34)21-10-5-13-40-21/h3-15,23-25H,1-2H3,(H,35,36). The molecule has 1 amide bonds. The topological polar surface area (TPSA) is 127 Å². The number of hydrogen-bond acceptors (Lipinski definition) is 8. The highest BCUT2D eigenvalue weighted by Gasteiger charge is 2.65. The zero-order chi connectivity index (χ0) is 29.5. The van der Waals surface area contributed by atoms with Gasteiger partial charge in [0.15, 0.2) is 5.78 Å². The molecule has 2 aromatic heterocycles. The van der Waals surface area contributed by atoms with Crippen LogP contribution in [0.25, 0.3) is 0 Å². The molecule has 4 unspecified atom stereocenters. The number of non-ortho nitro benzene ring substituents is 1. The number of aliphatic carboxylic acids is 1. The Balaban J connectivity index is 1.85. The van der Waals surface area contributed by atoms with Crippen molar-refractivity contribution in [2.45, 2.75) is 24.4 Å². The number of benzene rings is 2. The van der Waals surface area contributed by atoms with E-state index in [0.29, 0.717) is 15.6 Å². The summed E-state index contributed by atoms with van der Waals surface area (Å²) in [6.45, 7) is 1.42. The van der Waals surface area contributed by atoms with Crippen molar-refractivity contribution < 1.29 is 29.2 Å².